The molecule has 25 heavy (non-hydrogen) atoms. The van der Waals surface area contributed by atoms with Gasteiger partial charge in [-0.05, 0) is 31.0 Å². The van der Waals surface area contributed by atoms with Crippen LogP contribution in [-0.4, -0.2) is 23.0 Å². The number of quaternary nitrogens is 1. The van der Waals surface area contributed by atoms with Crippen LogP contribution in [0.1, 0.15) is 29.3 Å². The molecule has 1 fully saturated rings. The fourth-order valence-corrected chi connectivity index (χ4v) is 4.80. The van der Waals surface area contributed by atoms with Gasteiger partial charge in [0.1, 0.15) is 11.6 Å². The first kappa shape index (κ1) is 16.2. The van der Waals surface area contributed by atoms with E-state index in [1.807, 2.05) is 18.2 Å². The van der Waals surface area contributed by atoms with Crippen molar-refractivity contribution in [1.29, 1.82) is 0 Å². The first-order valence-electron chi connectivity index (χ1n) is 8.62. The number of aromatic nitrogens is 1. The summed E-state index contributed by atoms with van der Waals surface area (Å²) >= 11 is 1.79. The lowest BCUT2D eigenvalue weighted by Gasteiger charge is -2.28. The molecule has 0 saturated carbocycles. The van der Waals surface area contributed by atoms with Gasteiger partial charge in [-0.1, -0.05) is 24.3 Å². The quantitative estimate of drug-likeness (QED) is 0.578. The van der Waals surface area contributed by atoms with Gasteiger partial charge in [-0.15, -0.1) is 11.3 Å². The molecule has 0 bridgehead atoms. The van der Waals surface area contributed by atoms with Gasteiger partial charge in [-0.25, -0.2) is 4.98 Å². The van der Waals surface area contributed by atoms with E-state index in [1.54, 1.807) is 23.5 Å². The molecule has 0 radical (unpaired) electrons. The van der Waals surface area contributed by atoms with Crippen LogP contribution in [0.2, 0.25) is 0 Å². The number of rotatable bonds is 4. The van der Waals surface area contributed by atoms with Crippen molar-refractivity contribution < 1.29 is 9.82 Å². The number of nitro benzene ring substituents is 1. The SMILES string of the molecule is O=[N+]([O-])c1ccccc1C[NH+]1CCC[C@@H](c2nc3ccccc3s2)C1. The molecule has 5 nitrogen and oxygen atoms in total. The standard InChI is InChI=1S/C19H19N3O2S/c23-22(24)17-9-3-1-6-14(17)12-21-11-5-7-15(13-21)19-20-16-8-2-4-10-18(16)25-19/h1-4,6,8-10,15H,5,7,11-13H2/p+1/t15-/m1/s1. The molecule has 0 amide bonds. The molecule has 1 aliphatic heterocycles. The first-order valence-corrected chi connectivity index (χ1v) is 9.43. The average molecular weight is 354 g/mol. The number of nitro groups is 1. The van der Waals surface area contributed by atoms with E-state index in [0.717, 1.165) is 37.0 Å². The van der Waals surface area contributed by atoms with Crippen molar-refractivity contribution >= 4 is 27.2 Å². The normalized spacial score (nSPS) is 20.6. The van der Waals surface area contributed by atoms with E-state index in [1.165, 1.54) is 14.6 Å². The summed E-state index contributed by atoms with van der Waals surface area (Å²) < 4.78 is 1.24. The Hall–Kier alpha value is -2.31. The molecule has 4 rings (SSSR count). The summed E-state index contributed by atoms with van der Waals surface area (Å²) in [4.78, 5) is 17.2. The number of benzene rings is 2. The van der Waals surface area contributed by atoms with Crippen LogP contribution in [0, 0.1) is 10.1 Å². The molecule has 1 unspecified atom stereocenters. The number of nitrogens with one attached hydrogen (secondary N) is 1. The van der Waals surface area contributed by atoms with Crippen molar-refractivity contribution in [3.8, 4) is 0 Å². The second kappa shape index (κ2) is 6.90. The summed E-state index contributed by atoms with van der Waals surface area (Å²) in [6.45, 7) is 2.76. The molecular weight excluding hydrogens is 334 g/mol. The van der Waals surface area contributed by atoms with E-state index in [2.05, 4.69) is 18.2 Å². The van der Waals surface area contributed by atoms with Crippen LogP contribution in [0.4, 0.5) is 5.69 Å². The zero-order valence-electron chi connectivity index (χ0n) is 13.9. The molecule has 0 aliphatic carbocycles. The van der Waals surface area contributed by atoms with Gasteiger partial charge in [0.25, 0.3) is 5.69 Å². The number of thiazole rings is 1. The Bertz CT molecular complexity index is 875. The minimum atomic E-state index is -0.274. The summed E-state index contributed by atoms with van der Waals surface area (Å²) in [7, 11) is 0. The Labute approximate surface area is 150 Å². The lowest BCUT2D eigenvalue weighted by molar-refractivity contribution is -0.920. The Kier molecular flexibility index (Phi) is 4.46. The molecule has 6 heteroatoms. The summed E-state index contributed by atoms with van der Waals surface area (Å²) in [5.74, 6) is 0.448. The second-order valence-corrected chi connectivity index (χ2v) is 7.69. The molecule has 1 N–H and O–H groups in total. The molecule has 0 spiro atoms. The lowest BCUT2D eigenvalue weighted by atomic mass is 9.98. The third kappa shape index (κ3) is 3.41. The van der Waals surface area contributed by atoms with E-state index < -0.39 is 0 Å². The second-order valence-electron chi connectivity index (χ2n) is 6.63. The van der Waals surface area contributed by atoms with E-state index >= 15 is 0 Å². The van der Waals surface area contributed by atoms with Gasteiger partial charge >= 0.3 is 0 Å². The zero-order valence-corrected chi connectivity index (χ0v) is 14.7. The maximum atomic E-state index is 11.2. The molecule has 1 aliphatic rings. The van der Waals surface area contributed by atoms with Crippen molar-refractivity contribution in [2.75, 3.05) is 13.1 Å². The van der Waals surface area contributed by atoms with Crippen LogP contribution in [0.5, 0.6) is 0 Å². The number of likely N-dealkylation sites (tertiary alicyclic amines) is 1. The molecule has 2 heterocycles. The van der Waals surface area contributed by atoms with E-state index in [4.69, 9.17) is 4.98 Å². The van der Waals surface area contributed by atoms with Crippen LogP contribution in [0.15, 0.2) is 48.5 Å². The Balaban J connectivity index is 1.52. The molecule has 1 aromatic heterocycles. The van der Waals surface area contributed by atoms with Crippen LogP contribution in [0.25, 0.3) is 10.2 Å². The van der Waals surface area contributed by atoms with Crippen molar-refractivity contribution in [3.05, 3.63) is 69.2 Å². The fraction of sp³-hybridized carbons (Fsp3) is 0.316. The highest BCUT2D eigenvalue weighted by Crippen LogP contribution is 2.30. The maximum absolute atomic E-state index is 11.2. The van der Waals surface area contributed by atoms with Gasteiger partial charge in [-0.3, -0.25) is 10.1 Å². The third-order valence-corrected chi connectivity index (χ3v) is 6.11. The number of hydrogen-bond acceptors (Lipinski definition) is 4. The van der Waals surface area contributed by atoms with Crippen LogP contribution in [0.3, 0.4) is 0 Å². The lowest BCUT2D eigenvalue weighted by Crippen LogP contribution is -3.12. The average Bonchev–Trinajstić information content (AvgIpc) is 3.06. The highest BCUT2D eigenvalue weighted by atomic mass is 32.1. The molecule has 3 aromatic rings. The van der Waals surface area contributed by atoms with Crippen molar-refractivity contribution in [2.24, 2.45) is 0 Å². The molecule has 1 saturated heterocycles. The van der Waals surface area contributed by atoms with Gasteiger partial charge in [0.2, 0.25) is 0 Å². The fourth-order valence-electron chi connectivity index (χ4n) is 3.69. The van der Waals surface area contributed by atoms with Crippen molar-refractivity contribution in [3.63, 3.8) is 0 Å². The van der Waals surface area contributed by atoms with Crippen molar-refractivity contribution in [1.82, 2.24) is 4.98 Å². The number of fused-ring (bicyclic) bond motifs is 1. The number of piperidine rings is 1. The topological polar surface area (TPSA) is 60.5 Å². The molecular formula is C19H20N3O2S+. The third-order valence-electron chi connectivity index (χ3n) is 4.91. The highest BCUT2D eigenvalue weighted by molar-refractivity contribution is 7.18. The smallest absolute Gasteiger partial charge is 0.278 e. The Morgan fingerprint density at radius 2 is 2.00 bits per heavy atom. The zero-order chi connectivity index (χ0) is 17.2. The van der Waals surface area contributed by atoms with Gasteiger partial charge in [0, 0.05) is 6.07 Å². The molecule has 128 valence electrons. The summed E-state index contributed by atoms with van der Waals surface area (Å²) in [5, 5.41) is 12.4. The van der Waals surface area contributed by atoms with Gasteiger partial charge in [-0.2, -0.15) is 0 Å². The van der Waals surface area contributed by atoms with Gasteiger partial charge < -0.3 is 4.90 Å². The number of para-hydroxylation sites is 2. The van der Waals surface area contributed by atoms with Crippen LogP contribution in [-0.2, 0) is 6.54 Å². The molecule has 2 aromatic carbocycles. The summed E-state index contributed by atoms with van der Waals surface area (Å²) in [5.41, 5.74) is 2.14. The van der Waals surface area contributed by atoms with E-state index in [-0.39, 0.29) is 10.6 Å². The summed E-state index contributed by atoms with van der Waals surface area (Å²) in [6, 6.07) is 15.4. The first-order chi connectivity index (χ1) is 12.2. The van der Waals surface area contributed by atoms with E-state index in [0.29, 0.717) is 12.5 Å². The molecule has 2 atom stereocenters. The van der Waals surface area contributed by atoms with E-state index in [9.17, 15) is 10.1 Å². The summed E-state index contributed by atoms with van der Waals surface area (Å²) in [6.07, 6.45) is 2.29. The van der Waals surface area contributed by atoms with Crippen molar-refractivity contribution in [2.45, 2.75) is 25.3 Å². The van der Waals surface area contributed by atoms with Gasteiger partial charge in [0.15, 0.2) is 0 Å². The van der Waals surface area contributed by atoms with Crippen LogP contribution < -0.4 is 4.90 Å². The predicted molar refractivity (Wildman–Crippen MR) is 99.1 cm³/mol. The number of nitrogens with zero attached hydrogens (tertiary/aromatic N) is 2. The number of hydrogen-bond donors (Lipinski definition) is 1. The Morgan fingerprint density at radius 1 is 1.20 bits per heavy atom. The largest absolute Gasteiger partial charge is 0.330 e. The minimum Gasteiger partial charge on any atom is -0.330 e. The maximum Gasteiger partial charge on any atom is 0.278 e. The minimum absolute atomic E-state index is 0.233. The monoisotopic (exact) mass is 354 g/mol. The Morgan fingerprint density at radius 3 is 2.84 bits per heavy atom. The highest BCUT2D eigenvalue weighted by Gasteiger charge is 2.28. The predicted octanol–water partition coefficient (Wildman–Crippen LogP) is 3.17. The van der Waals surface area contributed by atoms with Crippen LogP contribution >= 0.6 is 11.3 Å². The van der Waals surface area contributed by atoms with Gasteiger partial charge in [0.05, 0.1) is 39.7 Å².